The van der Waals surface area contributed by atoms with E-state index in [1.165, 1.54) is 11.1 Å². The van der Waals surface area contributed by atoms with Gasteiger partial charge in [0.05, 0.1) is 6.26 Å². The van der Waals surface area contributed by atoms with Crippen molar-refractivity contribution in [1.29, 1.82) is 0 Å². The number of aliphatic hydroxyl groups is 1. The predicted molar refractivity (Wildman–Crippen MR) is 73.9 cm³/mol. The van der Waals surface area contributed by atoms with Crippen LogP contribution in [0.15, 0.2) is 59.9 Å². The molecule has 1 aromatic rings. The highest BCUT2D eigenvalue weighted by atomic mass is 16.3. The van der Waals surface area contributed by atoms with Gasteiger partial charge < -0.3 is 15.1 Å². The van der Waals surface area contributed by atoms with Crippen molar-refractivity contribution in [2.45, 2.75) is 6.92 Å². The molecule has 1 aliphatic heterocycles. The summed E-state index contributed by atoms with van der Waals surface area (Å²) < 4.78 is 0. The van der Waals surface area contributed by atoms with E-state index in [4.69, 9.17) is 5.11 Å². The average molecular weight is 243 g/mol. The van der Waals surface area contributed by atoms with Crippen molar-refractivity contribution in [3.05, 3.63) is 59.9 Å². The lowest BCUT2D eigenvalue weighted by Crippen LogP contribution is -2.17. The largest absolute Gasteiger partial charge is 0.516 e. The van der Waals surface area contributed by atoms with Crippen molar-refractivity contribution >= 4 is 5.69 Å². The molecule has 2 rings (SSSR count). The van der Waals surface area contributed by atoms with Gasteiger partial charge in [-0.3, -0.25) is 0 Å². The summed E-state index contributed by atoms with van der Waals surface area (Å²) in [5, 5.41) is 18.0. The predicted octanol–water partition coefficient (Wildman–Crippen LogP) is 3.16. The maximum absolute atomic E-state index is 9.29. The van der Waals surface area contributed by atoms with Crippen LogP contribution in [0.2, 0.25) is 0 Å². The maximum atomic E-state index is 9.29. The summed E-state index contributed by atoms with van der Waals surface area (Å²) in [4.78, 5) is 2.23. The highest BCUT2D eigenvalue weighted by molar-refractivity contribution is 5.58. The molecule has 1 saturated heterocycles. The molecule has 0 bridgehead atoms. The van der Waals surface area contributed by atoms with Gasteiger partial charge in [-0.2, -0.15) is 0 Å². The third kappa shape index (κ3) is 2.56. The van der Waals surface area contributed by atoms with Gasteiger partial charge in [-0.25, -0.2) is 0 Å². The molecule has 0 radical (unpaired) electrons. The molecule has 2 N–H and O–H groups in total. The van der Waals surface area contributed by atoms with Gasteiger partial charge in [0.25, 0.3) is 0 Å². The first-order valence-electron chi connectivity index (χ1n) is 5.94. The first-order valence-corrected chi connectivity index (χ1v) is 5.94. The fraction of sp³-hybridized carbons (Fsp3) is 0.200. The second-order valence-corrected chi connectivity index (χ2v) is 4.22. The number of aliphatic hydroxyl groups excluding tert-OH is 1. The second kappa shape index (κ2) is 5.45. The molecule has 0 unspecified atom stereocenters. The molecule has 1 heterocycles. The number of hydrogen-bond donors (Lipinski definition) is 2. The van der Waals surface area contributed by atoms with E-state index >= 15 is 0 Å². The van der Waals surface area contributed by atoms with Gasteiger partial charge in [0.1, 0.15) is 5.75 Å². The molecule has 0 spiro atoms. The van der Waals surface area contributed by atoms with Gasteiger partial charge in [-0.15, -0.1) is 0 Å². The van der Waals surface area contributed by atoms with Gasteiger partial charge >= 0.3 is 0 Å². The van der Waals surface area contributed by atoms with E-state index in [0.717, 1.165) is 25.0 Å². The number of benzene rings is 1. The number of allylic oxidation sites excluding steroid dienone is 3. The highest BCUT2D eigenvalue weighted by Crippen LogP contribution is 2.28. The number of anilines is 1. The Morgan fingerprint density at radius 1 is 1.11 bits per heavy atom. The van der Waals surface area contributed by atoms with E-state index in [2.05, 4.69) is 11.0 Å². The normalized spacial score (nSPS) is 20.4. The van der Waals surface area contributed by atoms with Crippen molar-refractivity contribution in [3.8, 4) is 5.75 Å². The fourth-order valence-electron chi connectivity index (χ4n) is 2.11. The molecular weight excluding hydrogens is 226 g/mol. The summed E-state index contributed by atoms with van der Waals surface area (Å²) in [5.41, 5.74) is 3.56. The van der Waals surface area contributed by atoms with Gasteiger partial charge in [0, 0.05) is 18.8 Å². The van der Waals surface area contributed by atoms with Crippen molar-refractivity contribution in [1.82, 2.24) is 0 Å². The van der Waals surface area contributed by atoms with Crippen LogP contribution in [0.1, 0.15) is 6.92 Å². The van der Waals surface area contributed by atoms with Gasteiger partial charge in [-0.05, 0) is 48.4 Å². The fourth-order valence-corrected chi connectivity index (χ4v) is 2.11. The zero-order chi connectivity index (χ0) is 13.0. The Hall–Kier alpha value is -2.16. The van der Waals surface area contributed by atoms with Crippen LogP contribution in [0, 0.1) is 0 Å². The van der Waals surface area contributed by atoms with Crippen molar-refractivity contribution in [2.24, 2.45) is 0 Å². The maximum Gasteiger partial charge on any atom is 0.115 e. The van der Waals surface area contributed by atoms with Gasteiger partial charge in [0.15, 0.2) is 0 Å². The minimum absolute atomic E-state index is 0.281. The molecule has 1 fully saturated rings. The monoisotopic (exact) mass is 243 g/mol. The average Bonchev–Trinajstić information content (AvgIpc) is 2.80. The number of aromatic hydroxyl groups is 1. The third-order valence-corrected chi connectivity index (χ3v) is 3.08. The number of rotatable bonds is 2. The van der Waals surface area contributed by atoms with Gasteiger partial charge in [-0.1, -0.05) is 12.2 Å². The zero-order valence-corrected chi connectivity index (χ0v) is 10.4. The summed E-state index contributed by atoms with van der Waals surface area (Å²) in [7, 11) is 0. The van der Waals surface area contributed by atoms with E-state index in [9.17, 15) is 5.11 Å². The minimum atomic E-state index is 0.281. The highest BCUT2D eigenvalue weighted by Gasteiger charge is 2.20. The smallest absolute Gasteiger partial charge is 0.115 e. The molecule has 3 nitrogen and oxygen atoms in total. The van der Waals surface area contributed by atoms with Crippen LogP contribution < -0.4 is 4.90 Å². The molecule has 0 aromatic heterocycles. The molecule has 3 heteroatoms. The lowest BCUT2D eigenvalue weighted by Gasteiger charge is -2.16. The Morgan fingerprint density at radius 2 is 1.78 bits per heavy atom. The Labute approximate surface area is 107 Å². The number of hydrogen-bond acceptors (Lipinski definition) is 3. The van der Waals surface area contributed by atoms with Gasteiger partial charge in [0.2, 0.25) is 0 Å². The Morgan fingerprint density at radius 3 is 2.39 bits per heavy atom. The number of nitrogens with zero attached hydrogens (tertiary/aromatic N) is 1. The topological polar surface area (TPSA) is 43.7 Å². The first-order chi connectivity index (χ1) is 8.74. The van der Waals surface area contributed by atoms with Crippen molar-refractivity contribution in [2.75, 3.05) is 18.0 Å². The van der Waals surface area contributed by atoms with E-state index in [0.29, 0.717) is 0 Å². The first kappa shape index (κ1) is 12.3. The SMILES string of the molecule is C/C=C1/CN(c2ccc(O)cc2)C/C1=C/C=C/O. The van der Waals surface area contributed by atoms with Crippen LogP contribution in [-0.4, -0.2) is 23.3 Å². The van der Waals surface area contributed by atoms with Crippen LogP contribution in [0.4, 0.5) is 5.69 Å². The van der Waals surface area contributed by atoms with Crippen LogP contribution in [-0.2, 0) is 0 Å². The van der Waals surface area contributed by atoms with Crippen LogP contribution in [0.5, 0.6) is 5.75 Å². The van der Waals surface area contributed by atoms with E-state index in [1.807, 2.05) is 25.1 Å². The molecule has 1 aliphatic rings. The summed E-state index contributed by atoms with van der Waals surface area (Å²) >= 11 is 0. The summed E-state index contributed by atoms with van der Waals surface area (Å²) in [5.74, 6) is 0.281. The second-order valence-electron chi connectivity index (χ2n) is 4.22. The number of phenols is 1. The Balaban J connectivity index is 2.21. The van der Waals surface area contributed by atoms with E-state index in [1.54, 1.807) is 18.2 Å². The molecule has 0 amide bonds. The Bertz CT molecular complexity index is 498. The summed E-state index contributed by atoms with van der Waals surface area (Å²) in [6.07, 6.45) is 6.70. The summed E-state index contributed by atoms with van der Waals surface area (Å²) in [6.45, 7) is 3.69. The molecule has 0 saturated carbocycles. The van der Waals surface area contributed by atoms with Crippen molar-refractivity contribution in [3.63, 3.8) is 0 Å². The molecule has 0 atom stereocenters. The zero-order valence-electron chi connectivity index (χ0n) is 10.4. The minimum Gasteiger partial charge on any atom is -0.516 e. The molecule has 94 valence electrons. The summed E-state index contributed by atoms with van der Waals surface area (Å²) in [6, 6.07) is 7.21. The molecular formula is C15H17NO2. The molecule has 1 aromatic carbocycles. The lowest BCUT2D eigenvalue weighted by atomic mass is 10.1. The quantitative estimate of drug-likeness (QED) is 0.784. The van der Waals surface area contributed by atoms with E-state index < -0.39 is 0 Å². The van der Waals surface area contributed by atoms with E-state index in [-0.39, 0.29) is 5.75 Å². The Kier molecular flexibility index (Phi) is 3.72. The number of phenolic OH excluding ortho intramolecular Hbond substituents is 1. The lowest BCUT2D eigenvalue weighted by molar-refractivity contribution is 0.473. The van der Waals surface area contributed by atoms with Crippen LogP contribution in [0.3, 0.4) is 0 Å². The molecule has 0 aliphatic carbocycles. The van der Waals surface area contributed by atoms with Crippen LogP contribution >= 0.6 is 0 Å². The standard InChI is InChI=1S/C15H17NO2/c1-2-12-10-16(11-13(12)4-3-9-17)14-5-7-15(18)8-6-14/h2-9,17-18H,10-11H2,1H3/b9-3+,12-2-,13-4-. The molecule has 18 heavy (non-hydrogen) atoms. The van der Waals surface area contributed by atoms with Crippen LogP contribution in [0.25, 0.3) is 0 Å². The third-order valence-electron chi connectivity index (χ3n) is 3.08. The van der Waals surface area contributed by atoms with Crippen molar-refractivity contribution < 1.29 is 10.2 Å².